The van der Waals surface area contributed by atoms with E-state index in [2.05, 4.69) is 17.6 Å². The molecule has 4 nitrogen and oxygen atoms in total. The van der Waals surface area contributed by atoms with E-state index in [0.717, 1.165) is 31.4 Å². The second-order valence-electron chi connectivity index (χ2n) is 5.38. The minimum Gasteiger partial charge on any atom is -0.332 e. The molecule has 2 heterocycles. The average Bonchev–Trinajstić information content (AvgIpc) is 2.80. The lowest BCUT2D eigenvalue weighted by Gasteiger charge is -2.27. The highest BCUT2D eigenvalue weighted by Gasteiger charge is 2.53. The van der Waals surface area contributed by atoms with Crippen LogP contribution in [-0.2, 0) is 4.79 Å². The van der Waals surface area contributed by atoms with Gasteiger partial charge in [0.15, 0.2) is 0 Å². The van der Waals surface area contributed by atoms with E-state index in [1.54, 1.807) is 6.92 Å². The van der Waals surface area contributed by atoms with Gasteiger partial charge in [-0.15, -0.1) is 0 Å². The van der Waals surface area contributed by atoms with Crippen molar-refractivity contribution in [3.63, 3.8) is 0 Å². The predicted molar refractivity (Wildman–Crippen MR) is 73.9 cm³/mol. The molecule has 2 N–H and O–H groups in total. The van der Waals surface area contributed by atoms with Crippen molar-refractivity contribution in [3.8, 4) is 0 Å². The van der Waals surface area contributed by atoms with Gasteiger partial charge >= 0.3 is 6.03 Å². The van der Waals surface area contributed by atoms with E-state index >= 15 is 0 Å². The second-order valence-corrected chi connectivity index (χ2v) is 6.61. The number of hydrogen-bond acceptors (Lipinski definition) is 3. The number of urea groups is 1. The highest BCUT2D eigenvalue weighted by atomic mass is 32.2. The maximum absolute atomic E-state index is 11.5. The summed E-state index contributed by atoms with van der Waals surface area (Å²) in [4.78, 5) is 22.4. The number of Topliss-reactive ketones (excluding diaryl/α,β-unsaturated/α-hetero) is 1. The first-order valence-electron chi connectivity index (χ1n) is 6.77. The fourth-order valence-corrected chi connectivity index (χ4v) is 4.75. The van der Waals surface area contributed by atoms with Gasteiger partial charge < -0.3 is 15.4 Å². The molecule has 0 aliphatic carbocycles. The lowest BCUT2D eigenvalue weighted by molar-refractivity contribution is -0.117. The monoisotopic (exact) mass is 270 g/mol. The number of carbonyl (C=O) groups is 2. The number of unbranched alkanes of at least 4 members (excludes halogenated alkanes) is 1. The van der Waals surface area contributed by atoms with Crippen molar-refractivity contribution < 1.29 is 9.59 Å². The van der Waals surface area contributed by atoms with E-state index < -0.39 is 0 Å². The maximum atomic E-state index is 11.5. The third kappa shape index (κ3) is 2.66. The topological polar surface area (TPSA) is 58.2 Å². The van der Waals surface area contributed by atoms with Crippen molar-refractivity contribution in [1.82, 2.24) is 10.6 Å². The SMILES string of the molecule is CC[C@]12CS[C@@H](CCCCC(C)=O)[C@H]1NC(=O)N2. The average molecular weight is 270 g/mol. The van der Waals surface area contributed by atoms with E-state index in [1.807, 2.05) is 11.8 Å². The molecule has 2 amide bonds. The molecule has 3 atom stereocenters. The van der Waals surface area contributed by atoms with Crippen LogP contribution in [0.25, 0.3) is 0 Å². The summed E-state index contributed by atoms with van der Waals surface area (Å²) in [5.74, 6) is 1.28. The summed E-state index contributed by atoms with van der Waals surface area (Å²) in [5, 5.41) is 6.66. The summed E-state index contributed by atoms with van der Waals surface area (Å²) in [5.41, 5.74) is -0.0347. The Morgan fingerprint density at radius 2 is 2.28 bits per heavy atom. The Morgan fingerprint density at radius 1 is 1.50 bits per heavy atom. The van der Waals surface area contributed by atoms with Crippen LogP contribution in [0.3, 0.4) is 0 Å². The predicted octanol–water partition coefficient (Wildman–Crippen LogP) is 2.08. The number of thioether (sulfide) groups is 1. The maximum Gasteiger partial charge on any atom is 0.315 e. The molecule has 102 valence electrons. The van der Waals surface area contributed by atoms with E-state index in [0.29, 0.717) is 11.7 Å². The first-order valence-corrected chi connectivity index (χ1v) is 7.82. The number of hydrogen-bond donors (Lipinski definition) is 2. The third-order valence-electron chi connectivity index (χ3n) is 4.07. The molecule has 0 aromatic carbocycles. The molecular weight excluding hydrogens is 248 g/mol. The first kappa shape index (κ1) is 13.7. The van der Waals surface area contributed by atoms with Crippen molar-refractivity contribution in [2.75, 3.05) is 5.75 Å². The normalized spacial score (nSPS) is 34.0. The Bertz CT molecular complexity index is 348. The molecule has 2 rings (SSSR count). The Labute approximate surface area is 113 Å². The Morgan fingerprint density at radius 3 is 2.94 bits per heavy atom. The van der Waals surface area contributed by atoms with Gasteiger partial charge in [-0.2, -0.15) is 11.8 Å². The first-order chi connectivity index (χ1) is 8.57. The summed E-state index contributed by atoms with van der Waals surface area (Å²) in [6.45, 7) is 3.78. The number of nitrogens with one attached hydrogen (secondary N) is 2. The lowest BCUT2D eigenvalue weighted by Crippen LogP contribution is -2.50. The van der Waals surface area contributed by atoms with Crippen molar-refractivity contribution >= 4 is 23.6 Å². The second kappa shape index (κ2) is 5.51. The number of amides is 2. The highest BCUT2D eigenvalue weighted by molar-refractivity contribution is 8.00. The zero-order valence-electron chi connectivity index (χ0n) is 11.1. The van der Waals surface area contributed by atoms with Gasteiger partial charge in [0, 0.05) is 17.4 Å². The van der Waals surface area contributed by atoms with E-state index in [4.69, 9.17) is 0 Å². The van der Waals surface area contributed by atoms with Gasteiger partial charge in [-0.25, -0.2) is 4.79 Å². The Kier molecular flexibility index (Phi) is 4.20. The molecule has 5 heteroatoms. The summed E-state index contributed by atoms with van der Waals surface area (Å²) >= 11 is 1.96. The van der Waals surface area contributed by atoms with Gasteiger partial charge in [-0.1, -0.05) is 13.3 Å². The molecule has 0 bridgehead atoms. The fraction of sp³-hybridized carbons (Fsp3) is 0.846. The highest BCUT2D eigenvalue weighted by Crippen LogP contribution is 2.41. The van der Waals surface area contributed by atoms with Crippen LogP contribution >= 0.6 is 11.8 Å². The molecule has 0 aromatic heterocycles. The van der Waals surface area contributed by atoms with E-state index in [9.17, 15) is 9.59 Å². The van der Waals surface area contributed by atoms with Crippen molar-refractivity contribution in [3.05, 3.63) is 0 Å². The van der Waals surface area contributed by atoms with Crippen molar-refractivity contribution in [1.29, 1.82) is 0 Å². The number of rotatable bonds is 6. The molecule has 0 aromatic rings. The van der Waals surface area contributed by atoms with Crippen LogP contribution in [-0.4, -0.2) is 34.4 Å². The minimum atomic E-state index is -0.0347. The molecule has 2 fully saturated rings. The summed E-state index contributed by atoms with van der Waals surface area (Å²) in [6, 6.07) is 0.244. The zero-order valence-corrected chi connectivity index (χ0v) is 11.9. The molecule has 2 saturated heterocycles. The summed E-state index contributed by atoms with van der Waals surface area (Å²) in [6.07, 6.45) is 4.80. The fourth-order valence-electron chi connectivity index (χ4n) is 2.93. The molecule has 2 aliphatic heterocycles. The van der Waals surface area contributed by atoms with Gasteiger partial charge in [0.2, 0.25) is 0 Å². The largest absolute Gasteiger partial charge is 0.332 e. The summed E-state index contributed by atoms with van der Waals surface area (Å²) < 4.78 is 0. The standard InChI is InChI=1S/C13H22N2O2S/c1-3-13-8-18-10(7-5-4-6-9(2)16)11(13)14-12(17)15-13/h10-11H,3-8H2,1-2H3,(H2,14,15,17)/t10-,11+,13-/m0/s1. The van der Waals surface area contributed by atoms with Crippen LogP contribution in [0.4, 0.5) is 4.79 Å². The molecule has 0 spiro atoms. The molecule has 0 saturated carbocycles. The number of carbonyl (C=O) groups excluding carboxylic acids is 2. The van der Waals surface area contributed by atoms with Gasteiger partial charge in [-0.05, 0) is 26.2 Å². The van der Waals surface area contributed by atoms with Gasteiger partial charge in [-0.3, -0.25) is 0 Å². The number of ketones is 1. The van der Waals surface area contributed by atoms with E-state index in [1.165, 1.54) is 0 Å². The molecular formula is C13H22N2O2S. The van der Waals surface area contributed by atoms with Crippen LogP contribution in [0.2, 0.25) is 0 Å². The molecule has 18 heavy (non-hydrogen) atoms. The van der Waals surface area contributed by atoms with E-state index in [-0.39, 0.29) is 23.4 Å². The van der Waals surface area contributed by atoms with Crippen LogP contribution in [0.5, 0.6) is 0 Å². The van der Waals surface area contributed by atoms with Gasteiger partial charge in [0.05, 0.1) is 11.6 Å². The third-order valence-corrected chi connectivity index (χ3v) is 5.69. The van der Waals surface area contributed by atoms with Crippen LogP contribution in [0, 0.1) is 0 Å². The molecule has 0 unspecified atom stereocenters. The zero-order chi connectivity index (χ0) is 13.2. The smallest absolute Gasteiger partial charge is 0.315 e. The van der Waals surface area contributed by atoms with Crippen molar-refractivity contribution in [2.24, 2.45) is 0 Å². The van der Waals surface area contributed by atoms with Crippen LogP contribution in [0.1, 0.15) is 46.0 Å². The van der Waals surface area contributed by atoms with Gasteiger partial charge in [0.1, 0.15) is 5.78 Å². The Hall–Kier alpha value is -0.710. The minimum absolute atomic E-state index is 0.0177. The van der Waals surface area contributed by atoms with Crippen molar-refractivity contribution in [2.45, 2.75) is 62.8 Å². The lowest BCUT2D eigenvalue weighted by atomic mass is 9.87. The molecule has 0 radical (unpaired) electrons. The van der Waals surface area contributed by atoms with Crippen LogP contribution < -0.4 is 10.6 Å². The van der Waals surface area contributed by atoms with Crippen LogP contribution in [0.15, 0.2) is 0 Å². The number of fused-ring (bicyclic) bond motifs is 1. The molecule has 2 aliphatic rings. The summed E-state index contributed by atoms with van der Waals surface area (Å²) in [7, 11) is 0. The quantitative estimate of drug-likeness (QED) is 0.574. The van der Waals surface area contributed by atoms with Gasteiger partial charge in [0.25, 0.3) is 0 Å². The Balaban J connectivity index is 1.84.